The number of aromatic nitrogens is 3. The van der Waals surface area contributed by atoms with E-state index < -0.39 is 0 Å². The second-order valence-corrected chi connectivity index (χ2v) is 15.1. The number of ether oxygens (including phenoxy) is 1. The average molecular weight is 700 g/mol. The number of aryl methyl sites for hydroxylation is 2. The SMILES string of the molecule is COc1ccccc1NC(=O)CSc1nc2ccc(NC(=O)CSc3nc4sc5c(c4c(=O)n3-c3ccccc3)CCCC5)cc2s1. The molecule has 7 rings (SSSR count). The van der Waals surface area contributed by atoms with E-state index >= 15 is 0 Å². The van der Waals surface area contributed by atoms with Crippen LogP contribution in [0.1, 0.15) is 23.3 Å². The number of rotatable bonds is 10. The van der Waals surface area contributed by atoms with Crippen LogP contribution in [0.2, 0.25) is 0 Å². The fourth-order valence-electron chi connectivity index (χ4n) is 5.52. The maximum absolute atomic E-state index is 13.9. The second-order valence-electron chi connectivity index (χ2n) is 10.8. The van der Waals surface area contributed by atoms with Gasteiger partial charge in [0.25, 0.3) is 5.56 Å². The maximum Gasteiger partial charge on any atom is 0.267 e. The van der Waals surface area contributed by atoms with Crippen molar-refractivity contribution in [3.05, 3.63) is 93.6 Å². The van der Waals surface area contributed by atoms with Crippen LogP contribution in [0.15, 0.2) is 87.1 Å². The number of anilines is 2. The number of carbonyl (C=O) groups excluding carboxylic acids is 2. The molecular weight excluding hydrogens is 671 g/mol. The first-order valence-electron chi connectivity index (χ1n) is 15.0. The average Bonchev–Trinajstić information content (AvgIpc) is 3.68. The van der Waals surface area contributed by atoms with Crippen LogP contribution in [0.4, 0.5) is 11.4 Å². The molecule has 2 N–H and O–H groups in total. The van der Waals surface area contributed by atoms with Gasteiger partial charge < -0.3 is 15.4 Å². The predicted molar refractivity (Wildman–Crippen MR) is 193 cm³/mol. The molecule has 3 aromatic carbocycles. The molecule has 2 amide bonds. The molecule has 0 spiro atoms. The molecule has 3 heterocycles. The largest absolute Gasteiger partial charge is 0.495 e. The van der Waals surface area contributed by atoms with E-state index in [4.69, 9.17) is 9.72 Å². The quantitative estimate of drug-likeness (QED) is 0.112. The molecular formula is C34H29N5O4S4. The minimum absolute atomic E-state index is 0.0786. The van der Waals surface area contributed by atoms with E-state index in [1.165, 1.54) is 39.7 Å². The molecule has 0 radical (unpaired) electrons. The van der Waals surface area contributed by atoms with Crippen LogP contribution in [-0.4, -0.2) is 45.0 Å². The first-order chi connectivity index (χ1) is 23.0. The molecule has 0 unspecified atom stereocenters. The Morgan fingerprint density at radius 2 is 1.66 bits per heavy atom. The molecule has 0 saturated heterocycles. The van der Waals surface area contributed by atoms with Crippen LogP contribution in [0, 0.1) is 0 Å². The van der Waals surface area contributed by atoms with Gasteiger partial charge in [-0.25, -0.2) is 9.97 Å². The van der Waals surface area contributed by atoms with Crippen molar-refractivity contribution in [1.29, 1.82) is 0 Å². The lowest BCUT2D eigenvalue weighted by Gasteiger charge is -2.13. The molecule has 0 fully saturated rings. The zero-order valence-electron chi connectivity index (χ0n) is 25.3. The Balaban J connectivity index is 1.03. The van der Waals surface area contributed by atoms with Crippen LogP contribution in [-0.2, 0) is 22.4 Å². The molecule has 1 aliphatic rings. The van der Waals surface area contributed by atoms with E-state index in [0.29, 0.717) is 22.3 Å². The summed E-state index contributed by atoms with van der Waals surface area (Å²) in [6, 6.07) is 22.3. The Labute approximate surface area is 286 Å². The van der Waals surface area contributed by atoms with Gasteiger partial charge in [0.2, 0.25) is 11.8 Å². The van der Waals surface area contributed by atoms with Crippen molar-refractivity contribution in [1.82, 2.24) is 14.5 Å². The van der Waals surface area contributed by atoms with E-state index in [0.717, 1.165) is 61.7 Å². The van der Waals surface area contributed by atoms with Crippen molar-refractivity contribution in [2.24, 2.45) is 0 Å². The number of para-hydroxylation sites is 3. The van der Waals surface area contributed by atoms with Gasteiger partial charge in [-0.3, -0.25) is 19.0 Å². The van der Waals surface area contributed by atoms with Gasteiger partial charge >= 0.3 is 0 Å². The number of fused-ring (bicyclic) bond motifs is 4. The molecule has 3 aromatic heterocycles. The number of benzene rings is 3. The van der Waals surface area contributed by atoms with Gasteiger partial charge in [0.15, 0.2) is 9.50 Å². The van der Waals surface area contributed by atoms with E-state index in [1.807, 2.05) is 60.7 Å². The normalized spacial score (nSPS) is 12.6. The van der Waals surface area contributed by atoms with Crippen molar-refractivity contribution < 1.29 is 14.3 Å². The highest BCUT2D eigenvalue weighted by atomic mass is 32.2. The van der Waals surface area contributed by atoms with Crippen molar-refractivity contribution in [3.8, 4) is 11.4 Å². The predicted octanol–water partition coefficient (Wildman–Crippen LogP) is 7.41. The fourth-order valence-corrected chi connectivity index (χ4v) is 9.54. The summed E-state index contributed by atoms with van der Waals surface area (Å²) < 4.78 is 8.60. The summed E-state index contributed by atoms with van der Waals surface area (Å²) in [5.41, 5.74) is 3.85. The summed E-state index contributed by atoms with van der Waals surface area (Å²) in [4.78, 5) is 51.2. The minimum Gasteiger partial charge on any atom is -0.495 e. The minimum atomic E-state index is -0.207. The van der Waals surface area contributed by atoms with E-state index in [2.05, 4.69) is 15.6 Å². The molecule has 6 aromatic rings. The van der Waals surface area contributed by atoms with Crippen LogP contribution in [0.25, 0.3) is 26.1 Å². The molecule has 238 valence electrons. The Hall–Kier alpha value is -4.17. The summed E-state index contributed by atoms with van der Waals surface area (Å²) in [5.74, 6) is 0.511. The van der Waals surface area contributed by atoms with E-state index in [1.54, 1.807) is 35.1 Å². The van der Waals surface area contributed by atoms with Crippen LogP contribution >= 0.6 is 46.2 Å². The number of carbonyl (C=O) groups is 2. The molecule has 0 bridgehead atoms. The maximum atomic E-state index is 13.9. The lowest BCUT2D eigenvalue weighted by molar-refractivity contribution is -0.114. The number of hydrogen-bond acceptors (Lipinski definition) is 10. The fraction of sp³-hybridized carbons (Fsp3) is 0.206. The van der Waals surface area contributed by atoms with Gasteiger partial charge in [-0.05, 0) is 73.7 Å². The topological polar surface area (TPSA) is 115 Å². The number of thiazole rings is 1. The summed E-state index contributed by atoms with van der Waals surface area (Å²) in [7, 11) is 1.56. The van der Waals surface area contributed by atoms with Crippen molar-refractivity contribution in [2.45, 2.75) is 35.2 Å². The van der Waals surface area contributed by atoms with E-state index in [9.17, 15) is 14.4 Å². The zero-order chi connectivity index (χ0) is 32.3. The summed E-state index contributed by atoms with van der Waals surface area (Å²) >= 11 is 5.67. The highest BCUT2D eigenvalue weighted by Gasteiger charge is 2.23. The van der Waals surface area contributed by atoms with Gasteiger partial charge in [-0.1, -0.05) is 53.9 Å². The molecule has 47 heavy (non-hydrogen) atoms. The molecule has 0 atom stereocenters. The number of methoxy groups -OCH3 is 1. The first kappa shape index (κ1) is 31.4. The standard InChI is InChI=1S/C34H29N5O4S4/c1-43-25-13-7-6-12-23(25)36-29(41)19-45-34-37-24-16-15-20(17-27(24)47-34)35-28(40)18-44-33-38-31-30(22-11-5-8-14-26(22)46-31)32(42)39(33)21-9-3-2-4-10-21/h2-4,6-7,9-10,12-13,15-17H,5,8,11,14,18-19H2,1H3,(H,35,40)(H,36,41). The Bertz CT molecular complexity index is 2180. The number of hydrogen-bond donors (Lipinski definition) is 2. The third kappa shape index (κ3) is 6.79. The van der Waals surface area contributed by atoms with Crippen LogP contribution in [0.3, 0.4) is 0 Å². The van der Waals surface area contributed by atoms with Gasteiger partial charge in [0.1, 0.15) is 10.6 Å². The summed E-state index contributed by atoms with van der Waals surface area (Å²) in [5, 5.41) is 7.07. The van der Waals surface area contributed by atoms with Gasteiger partial charge in [0, 0.05) is 10.6 Å². The van der Waals surface area contributed by atoms with Gasteiger partial charge in [-0.15, -0.1) is 22.7 Å². The molecule has 0 saturated carbocycles. The summed E-state index contributed by atoms with van der Waals surface area (Å²) in [6.45, 7) is 0. The van der Waals surface area contributed by atoms with Crippen molar-refractivity contribution in [2.75, 3.05) is 29.2 Å². The lowest BCUT2D eigenvalue weighted by Crippen LogP contribution is -2.23. The van der Waals surface area contributed by atoms with Crippen LogP contribution < -0.4 is 20.9 Å². The third-order valence-electron chi connectivity index (χ3n) is 7.67. The van der Waals surface area contributed by atoms with Gasteiger partial charge in [-0.2, -0.15) is 0 Å². The van der Waals surface area contributed by atoms with Gasteiger partial charge in [0.05, 0.1) is 45.6 Å². The number of nitrogens with one attached hydrogen (secondary N) is 2. The van der Waals surface area contributed by atoms with Crippen LogP contribution in [0.5, 0.6) is 5.75 Å². The highest BCUT2D eigenvalue weighted by Crippen LogP contribution is 2.36. The molecule has 9 nitrogen and oxygen atoms in total. The first-order valence-corrected chi connectivity index (χ1v) is 18.6. The second kappa shape index (κ2) is 13.9. The smallest absolute Gasteiger partial charge is 0.267 e. The Kier molecular flexibility index (Phi) is 9.30. The Morgan fingerprint density at radius 1 is 0.894 bits per heavy atom. The molecule has 13 heteroatoms. The molecule has 0 aliphatic heterocycles. The molecule has 1 aliphatic carbocycles. The van der Waals surface area contributed by atoms with E-state index in [-0.39, 0.29) is 28.9 Å². The number of thiophene rings is 1. The number of nitrogens with zero attached hydrogens (tertiary/aromatic N) is 3. The number of amides is 2. The van der Waals surface area contributed by atoms with Crippen molar-refractivity contribution >= 4 is 89.8 Å². The third-order valence-corrected chi connectivity index (χ3v) is 12.0. The lowest BCUT2D eigenvalue weighted by atomic mass is 9.97. The Morgan fingerprint density at radius 3 is 2.51 bits per heavy atom. The van der Waals surface area contributed by atoms with Crippen molar-refractivity contribution in [3.63, 3.8) is 0 Å². The highest BCUT2D eigenvalue weighted by molar-refractivity contribution is 8.01. The number of thioether (sulfide) groups is 2. The summed E-state index contributed by atoms with van der Waals surface area (Å²) in [6.07, 6.45) is 4.09. The zero-order valence-corrected chi connectivity index (χ0v) is 28.5. The monoisotopic (exact) mass is 699 g/mol.